The summed E-state index contributed by atoms with van der Waals surface area (Å²) in [6.45, 7) is 6.42. The van der Waals surface area contributed by atoms with Crippen molar-refractivity contribution in [3.63, 3.8) is 0 Å². The lowest BCUT2D eigenvalue weighted by molar-refractivity contribution is 0.0285. The highest BCUT2D eigenvalue weighted by Crippen LogP contribution is 2.26. The summed E-state index contributed by atoms with van der Waals surface area (Å²) >= 11 is 0. The third kappa shape index (κ3) is 3.37. The van der Waals surface area contributed by atoms with Crippen LogP contribution in [0.15, 0.2) is 12.2 Å². The highest BCUT2D eigenvalue weighted by atomic mass is 16.5. The van der Waals surface area contributed by atoms with Crippen molar-refractivity contribution in [2.24, 2.45) is 5.41 Å². The van der Waals surface area contributed by atoms with Crippen LogP contribution >= 0.6 is 0 Å². The molecule has 0 saturated heterocycles. The molecule has 0 fully saturated rings. The van der Waals surface area contributed by atoms with E-state index in [9.17, 15) is 0 Å². The number of ether oxygens (including phenoxy) is 1. The summed E-state index contributed by atoms with van der Waals surface area (Å²) in [6, 6.07) is 0. The van der Waals surface area contributed by atoms with Gasteiger partial charge in [-0.05, 0) is 6.42 Å². The molecule has 0 radical (unpaired) electrons. The summed E-state index contributed by atoms with van der Waals surface area (Å²) in [6.07, 6.45) is 4.98. The van der Waals surface area contributed by atoms with E-state index in [1.54, 1.807) is 13.2 Å². The van der Waals surface area contributed by atoms with Crippen LogP contribution in [-0.2, 0) is 4.74 Å². The Hall–Kier alpha value is -0.340. The monoisotopic (exact) mass is 172 g/mol. The van der Waals surface area contributed by atoms with Crippen LogP contribution in [0.1, 0.15) is 27.2 Å². The van der Waals surface area contributed by atoms with Crippen molar-refractivity contribution in [1.29, 1.82) is 0 Å². The van der Waals surface area contributed by atoms with E-state index in [1.807, 2.05) is 6.08 Å². The summed E-state index contributed by atoms with van der Waals surface area (Å²) < 4.78 is 5.33. The molecule has 0 aliphatic heterocycles. The van der Waals surface area contributed by atoms with Crippen molar-refractivity contribution in [3.05, 3.63) is 12.2 Å². The molecule has 0 aromatic rings. The zero-order chi connectivity index (χ0) is 9.61. The van der Waals surface area contributed by atoms with E-state index in [2.05, 4.69) is 20.8 Å². The Morgan fingerprint density at radius 1 is 1.50 bits per heavy atom. The van der Waals surface area contributed by atoms with E-state index < -0.39 is 0 Å². The zero-order valence-corrected chi connectivity index (χ0v) is 8.50. The van der Waals surface area contributed by atoms with Gasteiger partial charge in [0.25, 0.3) is 0 Å². The number of hydrogen-bond acceptors (Lipinski definition) is 2. The van der Waals surface area contributed by atoms with Gasteiger partial charge >= 0.3 is 0 Å². The van der Waals surface area contributed by atoms with Crippen LogP contribution < -0.4 is 0 Å². The van der Waals surface area contributed by atoms with E-state index in [0.717, 1.165) is 6.42 Å². The third-order valence-corrected chi connectivity index (χ3v) is 2.14. The fourth-order valence-corrected chi connectivity index (χ4v) is 1.46. The molecule has 0 heterocycles. The molecule has 0 bridgehead atoms. The van der Waals surface area contributed by atoms with Gasteiger partial charge in [-0.15, -0.1) is 0 Å². The maximum Gasteiger partial charge on any atom is 0.0654 e. The number of aliphatic hydroxyl groups is 1. The standard InChI is InChI=1S/C10H20O2/c1-5-9(12-4)10(2,3)7-6-8-11/h6-7,9,11H,5,8H2,1-4H3/b7-6+. The third-order valence-electron chi connectivity index (χ3n) is 2.14. The summed E-state index contributed by atoms with van der Waals surface area (Å²) in [7, 11) is 1.72. The number of aliphatic hydroxyl groups excluding tert-OH is 1. The van der Waals surface area contributed by atoms with Crippen molar-refractivity contribution in [2.45, 2.75) is 33.3 Å². The molecule has 12 heavy (non-hydrogen) atoms. The minimum atomic E-state index is 0.00618. The molecule has 0 amide bonds. The van der Waals surface area contributed by atoms with Crippen LogP contribution in [0.5, 0.6) is 0 Å². The Labute approximate surface area is 75.2 Å². The average Bonchev–Trinajstić information content (AvgIpc) is 2.03. The highest BCUT2D eigenvalue weighted by molar-refractivity contribution is 4.98. The van der Waals surface area contributed by atoms with Gasteiger partial charge in [0.1, 0.15) is 0 Å². The van der Waals surface area contributed by atoms with Crippen LogP contribution in [0.4, 0.5) is 0 Å². The quantitative estimate of drug-likeness (QED) is 0.643. The second-order valence-electron chi connectivity index (χ2n) is 3.54. The van der Waals surface area contributed by atoms with Crippen molar-refractivity contribution in [2.75, 3.05) is 13.7 Å². The van der Waals surface area contributed by atoms with Crippen molar-refractivity contribution in [3.8, 4) is 0 Å². The maximum atomic E-state index is 8.63. The number of rotatable bonds is 5. The van der Waals surface area contributed by atoms with Crippen LogP contribution in [0.2, 0.25) is 0 Å². The Kier molecular flexibility index (Phi) is 5.18. The second-order valence-corrected chi connectivity index (χ2v) is 3.54. The van der Waals surface area contributed by atoms with Crippen molar-refractivity contribution >= 4 is 0 Å². The first kappa shape index (κ1) is 11.7. The Morgan fingerprint density at radius 2 is 2.08 bits per heavy atom. The minimum Gasteiger partial charge on any atom is -0.392 e. The summed E-state index contributed by atoms with van der Waals surface area (Å²) in [5, 5.41) is 8.63. The van der Waals surface area contributed by atoms with Crippen LogP contribution in [-0.4, -0.2) is 24.9 Å². The van der Waals surface area contributed by atoms with Gasteiger partial charge in [0, 0.05) is 12.5 Å². The zero-order valence-electron chi connectivity index (χ0n) is 8.50. The fraction of sp³-hybridized carbons (Fsp3) is 0.800. The molecule has 0 aromatic carbocycles. The summed E-state index contributed by atoms with van der Waals surface area (Å²) in [4.78, 5) is 0. The van der Waals surface area contributed by atoms with Gasteiger partial charge in [0.15, 0.2) is 0 Å². The lowest BCUT2D eigenvalue weighted by Gasteiger charge is -2.29. The molecule has 1 atom stereocenters. The van der Waals surface area contributed by atoms with E-state index >= 15 is 0 Å². The summed E-state index contributed by atoms with van der Waals surface area (Å²) in [5.41, 5.74) is 0.00618. The lowest BCUT2D eigenvalue weighted by Crippen LogP contribution is -2.28. The predicted molar refractivity (Wildman–Crippen MR) is 51.1 cm³/mol. The Balaban J connectivity index is 4.24. The van der Waals surface area contributed by atoms with E-state index in [1.165, 1.54) is 0 Å². The van der Waals surface area contributed by atoms with Gasteiger partial charge < -0.3 is 9.84 Å². The molecular weight excluding hydrogens is 152 g/mol. The van der Waals surface area contributed by atoms with Crippen molar-refractivity contribution in [1.82, 2.24) is 0 Å². The molecule has 72 valence electrons. The minimum absolute atomic E-state index is 0.00618. The van der Waals surface area contributed by atoms with Gasteiger partial charge in [-0.1, -0.05) is 32.9 Å². The molecule has 2 nitrogen and oxygen atoms in total. The van der Waals surface area contributed by atoms with Gasteiger partial charge in [0.05, 0.1) is 12.7 Å². The smallest absolute Gasteiger partial charge is 0.0654 e. The molecule has 0 aliphatic carbocycles. The molecule has 0 saturated carbocycles. The van der Waals surface area contributed by atoms with E-state index in [-0.39, 0.29) is 18.1 Å². The van der Waals surface area contributed by atoms with Crippen LogP contribution in [0, 0.1) is 5.41 Å². The molecule has 1 unspecified atom stereocenters. The largest absolute Gasteiger partial charge is 0.392 e. The fourth-order valence-electron chi connectivity index (χ4n) is 1.46. The average molecular weight is 172 g/mol. The molecule has 0 spiro atoms. The first-order valence-electron chi connectivity index (χ1n) is 4.39. The Bertz CT molecular complexity index is 135. The summed E-state index contributed by atoms with van der Waals surface area (Å²) in [5.74, 6) is 0. The van der Waals surface area contributed by atoms with Crippen LogP contribution in [0.3, 0.4) is 0 Å². The SMILES string of the molecule is CCC(OC)C(C)(C)/C=C/CO. The van der Waals surface area contributed by atoms with E-state index in [4.69, 9.17) is 9.84 Å². The first-order valence-corrected chi connectivity index (χ1v) is 4.39. The molecule has 1 N–H and O–H groups in total. The van der Waals surface area contributed by atoms with Gasteiger partial charge in [0.2, 0.25) is 0 Å². The molecule has 0 aliphatic rings. The predicted octanol–water partition coefficient (Wildman–Crippen LogP) is 1.99. The normalized spacial score (nSPS) is 15.4. The molecule has 0 aromatic heterocycles. The van der Waals surface area contributed by atoms with Crippen molar-refractivity contribution < 1.29 is 9.84 Å². The van der Waals surface area contributed by atoms with Gasteiger partial charge in [-0.2, -0.15) is 0 Å². The maximum absolute atomic E-state index is 8.63. The van der Waals surface area contributed by atoms with Crippen LogP contribution in [0.25, 0.3) is 0 Å². The van der Waals surface area contributed by atoms with Gasteiger partial charge in [-0.3, -0.25) is 0 Å². The first-order chi connectivity index (χ1) is 5.58. The van der Waals surface area contributed by atoms with Gasteiger partial charge in [-0.25, -0.2) is 0 Å². The number of methoxy groups -OCH3 is 1. The second kappa shape index (κ2) is 5.33. The molecule has 0 rings (SSSR count). The topological polar surface area (TPSA) is 29.5 Å². The Morgan fingerprint density at radius 3 is 2.42 bits per heavy atom. The molecular formula is C10H20O2. The lowest BCUT2D eigenvalue weighted by atomic mass is 9.84. The highest BCUT2D eigenvalue weighted by Gasteiger charge is 2.24. The molecule has 2 heteroatoms. The number of hydrogen-bond donors (Lipinski definition) is 1. The van der Waals surface area contributed by atoms with E-state index in [0.29, 0.717) is 0 Å².